The number of aryl methyl sites for hydroxylation is 2. The minimum atomic E-state index is -0.119. The molecule has 0 atom stereocenters. The molecule has 2 amide bonds. The highest BCUT2D eigenvalue weighted by molar-refractivity contribution is 9.10. The van der Waals surface area contributed by atoms with Gasteiger partial charge in [-0.05, 0) is 52.9 Å². The molecule has 1 aliphatic rings. The summed E-state index contributed by atoms with van der Waals surface area (Å²) in [7, 11) is 0. The van der Waals surface area contributed by atoms with Crippen LogP contribution in [0.15, 0.2) is 41.1 Å². The number of rotatable bonds is 5. The standard InChI is InChI=1S/C15H17BrN4O/c16-12-9-17-20(10-12)8-7-11-1-3-13(4-2-11)18-15(21)19-14-5-6-14/h1-4,9-10,14H,5-8H2,(H2,18,19,21). The van der Waals surface area contributed by atoms with Gasteiger partial charge in [0, 0.05) is 24.5 Å². The number of hydrogen-bond donors (Lipinski definition) is 2. The molecule has 2 N–H and O–H groups in total. The summed E-state index contributed by atoms with van der Waals surface area (Å²) in [5.41, 5.74) is 2.04. The number of aromatic nitrogens is 2. The maximum atomic E-state index is 11.6. The molecule has 21 heavy (non-hydrogen) atoms. The fourth-order valence-corrected chi connectivity index (χ4v) is 2.37. The van der Waals surface area contributed by atoms with Crippen LogP contribution in [0.25, 0.3) is 0 Å². The van der Waals surface area contributed by atoms with Crippen LogP contribution >= 0.6 is 15.9 Å². The molecular formula is C15H17BrN4O. The van der Waals surface area contributed by atoms with Gasteiger partial charge in [0.1, 0.15) is 0 Å². The van der Waals surface area contributed by atoms with Crippen molar-refractivity contribution in [1.82, 2.24) is 15.1 Å². The van der Waals surface area contributed by atoms with Crippen LogP contribution < -0.4 is 10.6 Å². The van der Waals surface area contributed by atoms with E-state index in [4.69, 9.17) is 0 Å². The van der Waals surface area contributed by atoms with Crippen molar-refractivity contribution in [2.75, 3.05) is 5.32 Å². The molecule has 1 aromatic heterocycles. The SMILES string of the molecule is O=C(Nc1ccc(CCn2cc(Br)cn2)cc1)NC1CC1. The lowest BCUT2D eigenvalue weighted by atomic mass is 10.1. The zero-order valence-electron chi connectivity index (χ0n) is 11.6. The predicted octanol–water partition coefficient (Wildman–Crippen LogP) is 3.17. The van der Waals surface area contributed by atoms with Crippen LogP contribution in [0.5, 0.6) is 0 Å². The summed E-state index contributed by atoms with van der Waals surface area (Å²) < 4.78 is 2.89. The number of anilines is 1. The summed E-state index contributed by atoms with van der Waals surface area (Å²) in [4.78, 5) is 11.6. The van der Waals surface area contributed by atoms with Gasteiger partial charge in [-0.3, -0.25) is 4.68 Å². The molecule has 110 valence electrons. The van der Waals surface area contributed by atoms with Crippen LogP contribution in [0.2, 0.25) is 0 Å². The van der Waals surface area contributed by atoms with E-state index in [1.165, 1.54) is 5.56 Å². The van der Waals surface area contributed by atoms with Crippen LogP contribution in [0.4, 0.5) is 10.5 Å². The van der Waals surface area contributed by atoms with Crippen LogP contribution in [-0.4, -0.2) is 21.9 Å². The highest BCUT2D eigenvalue weighted by Crippen LogP contribution is 2.19. The Morgan fingerprint density at radius 2 is 2.10 bits per heavy atom. The molecule has 6 heteroatoms. The first-order valence-corrected chi connectivity index (χ1v) is 7.83. The lowest BCUT2D eigenvalue weighted by Crippen LogP contribution is -2.30. The van der Waals surface area contributed by atoms with Gasteiger partial charge in [-0.2, -0.15) is 5.10 Å². The molecular weight excluding hydrogens is 332 g/mol. The maximum absolute atomic E-state index is 11.6. The zero-order valence-corrected chi connectivity index (χ0v) is 13.1. The van der Waals surface area contributed by atoms with Gasteiger partial charge >= 0.3 is 6.03 Å². The molecule has 1 saturated carbocycles. The molecule has 1 heterocycles. The Morgan fingerprint density at radius 3 is 2.71 bits per heavy atom. The van der Waals surface area contributed by atoms with Gasteiger partial charge in [0.2, 0.25) is 0 Å². The molecule has 0 unspecified atom stereocenters. The molecule has 0 radical (unpaired) electrons. The lowest BCUT2D eigenvalue weighted by molar-refractivity contribution is 0.251. The molecule has 0 spiro atoms. The third-order valence-corrected chi connectivity index (χ3v) is 3.77. The van der Waals surface area contributed by atoms with Crippen LogP contribution in [0.1, 0.15) is 18.4 Å². The van der Waals surface area contributed by atoms with Crippen LogP contribution in [0.3, 0.4) is 0 Å². The first-order chi connectivity index (χ1) is 10.2. The molecule has 2 aromatic rings. The van der Waals surface area contributed by atoms with Crippen molar-refractivity contribution in [1.29, 1.82) is 0 Å². The third-order valence-electron chi connectivity index (χ3n) is 3.36. The van der Waals surface area contributed by atoms with E-state index in [9.17, 15) is 4.79 Å². The Hall–Kier alpha value is -1.82. The van der Waals surface area contributed by atoms with E-state index in [-0.39, 0.29) is 6.03 Å². The van der Waals surface area contributed by atoms with Gasteiger partial charge < -0.3 is 10.6 Å². The van der Waals surface area contributed by atoms with Crippen LogP contribution in [0, 0.1) is 0 Å². The van der Waals surface area contributed by atoms with Crippen molar-refractivity contribution in [3.05, 3.63) is 46.7 Å². The van der Waals surface area contributed by atoms with E-state index >= 15 is 0 Å². The minimum absolute atomic E-state index is 0.119. The largest absolute Gasteiger partial charge is 0.335 e. The Balaban J connectivity index is 1.49. The molecule has 1 fully saturated rings. The molecule has 1 aromatic carbocycles. The predicted molar refractivity (Wildman–Crippen MR) is 85.2 cm³/mol. The highest BCUT2D eigenvalue weighted by Gasteiger charge is 2.23. The van der Waals surface area contributed by atoms with Gasteiger partial charge in [-0.15, -0.1) is 0 Å². The minimum Gasteiger partial charge on any atom is -0.335 e. The normalized spacial score (nSPS) is 14.0. The first-order valence-electron chi connectivity index (χ1n) is 7.03. The van der Waals surface area contributed by atoms with Gasteiger partial charge in [0.25, 0.3) is 0 Å². The zero-order chi connectivity index (χ0) is 14.7. The number of nitrogens with one attached hydrogen (secondary N) is 2. The number of nitrogens with zero attached hydrogens (tertiary/aromatic N) is 2. The second kappa shape index (κ2) is 6.30. The Bertz CT molecular complexity index is 619. The average molecular weight is 349 g/mol. The second-order valence-corrected chi connectivity index (χ2v) is 6.16. The maximum Gasteiger partial charge on any atom is 0.319 e. The average Bonchev–Trinajstić information content (AvgIpc) is 3.17. The molecule has 5 nitrogen and oxygen atoms in total. The van der Waals surface area contributed by atoms with Crippen molar-refractivity contribution >= 4 is 27.6 Å². The van der Waals surface area contributed by atoms with E-state index < -0.39 is 0 Å². The van der Waals surface area contributed by atoms with Gasteiger partial charge in [0.15, 0.2) is 0 Å². The summed E-state index contributed by atoms with van der Waals surface area (Å²) in [5.74, 6) is 0. The smallest absolute Gasteiger partial charge is 0.319 e. The molecule has 0 saturated heterocycles. The van der Waals surface area contributed by atoms with Crippen LogP contribution in [-0.2, 0) is 13.0 Å². The summed E-state index contributed by atoms with van der Waals surface area (Å²) in [6.07, 6.45) is 6.83. The van der Waals surface area contributed by atoms with Crippen molar-refractivity contribution in [2.24, 2.45) is 0 Å². The molecule has 0 bridgehead atoms. The van der Waals surface area contributed by atoms with E-state index in [0.717, 1.165) is 36.0 Å². The summed E-state index contributed by atoms with van der Waals surface area (Å²) in [5, 5.41) is 9.97. The van der Waals surface area contributed by atoms with E-state index in [2.05, 4.69) is 31.7 Å². The van der Waals surface area contributed by atoms with E-state index in [1.54, 1.807) is 6.20 Å². The van der Waals surface area contributed by atoms with Crippen molar-refractivity contribution < 1.29 is 4.79 Å². The summed E-state index contributed by atoms with van der Waals surface area (Å²) >= 11 is 3.38. The fourth-order valence-electron chi connectivity index (χ4n) is 2.04. The van der Waals surface area contributed by atoms with Crippen molar-refractivity contribution in [2.45, 2.75) is 31.8 Å². The van der Waals surface area contributed by atoms with Gasteiger partial charge in [-0.1, -0.05) is 12.1 Å². The number of carbonyl (C=O) groups is 1. The Kier molecular flexibility index (Phi) is 4.24. The Labute approximate surface area is 131 Å². The molecule has 0 aliphatic heterocycles. The lowest BCUT2D eigenvalue weighted by Gasteiger charge is -2.07. The van der Waals surface area contributed by atoms with E-state index in [0.29, 0.717) is 6.04 Å². The monoisotopic (exact) mass is 348 g/mol. The second-order valence-electron chi connectivity index (χ2n) is 5.24. The number of halogens is 1. The number of amides is 2. The van der Waals surface area contributed by atoms with Gasteiger partial charge in [0.05, 0.1) is 10.7 Å². The summed E-state index contributed by atoms with van der Waals surface area (Å²) in [6, 6.07) is 8.18. The highest BCUT2D eigenvalue weighted by atomic mass is 79.9. The summed E-state index contributed by atoms with van der Waals surface area (Å²) in [6.45, 7) is 0.834. The van der Waals surface area contributed by atoms with Crippen molar-refractivity contribution in [3.63, 3.8) is 0 Å². The number of urea groups is 1. The number of hydrogen-bond acceptors (Lipinski definition) is 2. The number of carbonyl (C=O) groups excluding carboxylic acids is 1. The quantitative estimate of drug-likeness (QED) is 0.871. The number of benzene rings is 1. The van der Waals surface area contributed by atoms with E-state index in [1.807, 2.05) is 35.1 Å². The topological polar surface area (TPSA) is 59.0 Å². The molecule has 3 rings (SSSR count). The third kappa shape index (κ3) is 4.32. The molecule has 1 aliphatic carbocycles. The Morgan fingerprint density at radius 1 is 1.33 bits per heavy atom. The van der Waals surface area contributed by atoms with Crippen molar-refractivity contribution in [3.8, 4) is 0 Å². The fraction of sp³-hybridized carbons (Fsp3) is 0.333. The van der Waals surface area contributed by atoms with Gasteiger partial charge in [-0.25, -0.2) is 4.79 Å². The first kappa shape index (κ1) is 14.1.